The molecule has 0 aliphatic carbocycles. The number of carbonyl (C=O) groups is 1. The molecule has 3 heteroatoms. The summed E-state index contributed by atoms with van der Waals surface area (Å²) in [5.41, 5.74) is 6.99. The minimum Gasteiger partial charge on any atom is -0.359 e. The molecule has 1 amide bonds. The molecule has 0 radical (unpaired) electrons. The van der Waals surface area contributed by atoms with Crippen LogP contribution in [0.25, 0.3) is 0 Å². The van der Waals surface area contributed by atoms with E-state index in [4.69, 9.17) is 5.73 Å². The largest absolute Gasteiger partial charge is 0.359 e. The Balaban J connectivity index is 2.41. The van der Waals surface area contributed by atoms with Crippen LogP contribution in [0.5, 0.6) is 0 Å². The standard InChI is InChI=1S/C11H16N2O/c1-13-11(14)8-10(12)7-9-5-3-2-4-6-9/h2-6,10H,7-8,12H2,1H3,(H,13,14). The molecule has 0 spiro atoms. The summed E-state index contributed by atoms with van der Waals surface area (Å²) in [6.07, 6.45) is 1.12. The second-order valence-electron chi connectivity index (χ2n) is 3.33. The SMILES string of the molecule is CNC(=O)CC(N)Cc1ccccc1. The molecule has 0 saturated heterocycles. The highest BCUT2D eigenvalue weighted by molar-refractivity contribution is 5.76. The van der Waals surface area contributed by atoms with Crippen molar-refractivity contribution >= 4 is 5.91 Å². The molecule has 0 bridgehead atoms. The van der Waals surface area contributed by atoms with Gasteiger partial charge in [-0.3, -0.25) is 4.79 Å². The molecule has 0 fully saturated rings. The first-order valence-corrected chi connectivity index (χ1v) is 4.72. The molecule has 14 heavy (non-hydrogen) atoms. The molecular weight excluding hydrogens is 176 g/mol. The van der Waals surface area contributed by atoms with Gasteiger partial charge in [-0.25, -0.2) is 0 Å². The maximum Gasteiger partial charge on any atom is 0.221 e. The van der Waals surface area contributed by atoms with E-state index < -0.39 is 0 Å². The molecule has 0 aromatic heterocycles. The summed E-state index contributed by atoms with van der Waals surface area (Å²) in [6.45, 7) is 0. The Labute approximate surface area is 84.3 Å². The average molecular weight is 192 g/mol. The summed E-state index contributed by atoms with van der Waals surface area (Å²) in [5, 5.41) is 2.56. The second-order valence-corrected chi connectivity index (χ2v) is 3.33. The van der Waals surface area contributed by atoms with Gasteiger partial charge in [0.05, 0.1) is 0 Å². The minimum atomic E-state index is -0.0997. The number of hydrogen-bond acceptors (Lipinski definition) is 2. The van der Waals surface area contributed by atoms with E-state index in [1.165, 1.54) is 5.56 Å². The number of benzene rings is 1. The van der Waals surface area contributed by atoms with Crippen molar-refractivity contribution in [1.29, 1.82) is 0 Å². The lowest BCUT2D eigenvalue weighted by molar-refractivity contribution is -0.120. The molecule has 76 valence electrons. The number of nitrogens with two attached hydrogens (primary N) is 1. The van der Waals surface area contributed by atoms with E-state index in [1.54, 1.807) is 7.05 Å². The van der Waals surface area contributed by atoms with Gasteiger partial charge in [0.15, 0.2) is 0 Å². The first-order chi connectivity index (χ1) is 6.72. The molecule has 1 atom stereocenters. The minimum absolute atomic E-state index is 0.00608. The third-order valence-corrected chi connectivity index (χ3v) is 2.07. The van der Waals surface area contributed by atoms with E-state index >= 15 is 0 Å². The Bertz CT molecular complexity index is 285. The fourth-order valence-electron chi connectivity index (χ4n) is 1.33. The van der Waals surface area contributed by atoms with Crippen molar-refractivity contribution in [2.24, 2.45) is 5.73 Å². The van der Waals surface area contributed by atoms with Gasteiger partial charge in [0.2, 0.25) is 5.91 Å². The van der Waals surface area contributed by atoms with Crippen LogP contribution in [0, 0.1) is 0 Å². The van der Waals surface area contributed by atoms with Crippen LogP contribution in [-0.2, 0) is 11.2 Å². The molecule has 1 unspecified atom stereocenters. The topological polar surface area (TPSA) is 55.1 Å². The lowest BCUT2D eigenvalue weighted by atomic mass is 10.0. The number of rotatable bonds is 4. The van der Waals surface area contributed by atoms with Gasteiger partial charge in [-0.15, -0.1) is 0 Å². The van der Waals surface area contributed by atoms with E-state index in [0.717, 1.165) is 6.42 Å². The van der Waals surface area contributed by atoms with Crippen LogP contribution in [-0.4, -0.2) is 19.0 Å². The summed E-state index contributed by atoms with van der Waals surface area (Å²) < 4.78 is 0. The van der Waals surface area contributed by atoms with E-state index in [1.807, 2.05) is 30.3 Å². The van der Waals surface area contributed by atoms with Crippen molar-refractivity contribution < 1.29 is 4.79 Å². The zero-order valence-corrected chi connectivity index (χ0v) is 8.36. The van der Waals surface area contributed by atoms with Crippen LogP contribution in [0.3, 0.4) is 0 Å². The van der Waals surface area contributed by atoms with Crippen LogP contribution in [0.15, 0.2) is 30.3 Å². The summed E-state index contributed by atoms with van der Waals surface area (Å²) in [6, 6.07) is 9.85. The molecule has 1 rings (SSSR count). The Morgan fingerprint density at radius 3 is 2.64 bits per heavy atom. The van der Waals surface area contributed by atoms with E-state index in [2.05, 4.69) is 5.32 Å². The van der Waals surface area contributed by atoms with Crippen molar-refractivity contribution in [1.82, 2.24) is 5.32 Å². The van der Waals surface area contributed by atoms with Gasteiger partial charge in [0, 0.05) is 19.5 Å². The maximum atomic E-state index is 11.0. The zero-order chi connectivity index (χ0) is 10.4. The molecule has 0 heterocycles. The highest BCUT2D eigenvalue weighted by atomic mass is 16.1. The number of carbonyl (C=O) groups excluding carboxylic acids is 1. The Hall–Kier alpha value is -1.35. The quantitative estimate of drug-likeness (QED) is 0.737. The zero-order valence-electron chi connectivity index (χ0n) is 8.36. The number of nitrogens with one attached hydrogen (secondary N) is 1. The average Bonchev–Trinajstić information content (AvgIpc) is 2.19. The van der Waals surface area contributed by atoms with Gasteiger partial charge >= 0.3 is 0 Å². The van der Waals surface area contributed by atoms with Crippen molar-refractivity contribution in [2.45, 2.75) is 18.9 Å². The van der Waals surface area contributed by atoms with Gasteiger partial charge in [0.25, 0.3) is 0 Å². The van der Waals surface area contributed by atoms with Crippen LogP contribution in [0.4, 0.5) is 0 Å². The molecule has 0 saturated carbocycles. The Morgan fingerprint density at radius 1 is 1.43 bits per heavy atom. The third kappa shape index (κ3) is 3.58. The first-order valence-electron chi connectivity index (χ1n) is 4.72. The highest BCUT2D eigenvalue weighted by Gasteiger charge is 2.08. The molecule has 0 aliphatic rings. The van der Waals surface area contributed by atoms with Gasteiger partial charge in [0.1, 0.15) is 0 Å². The van der Waals surface area contributed by atoms with E-state index in [9.17, 15) is 4.79 Å². The van der Waals surface area contributed by atoms with Gasteiger partial charge in [-0.05, 0) is 12.0 Å². The number of amides is 1. The van der Waals surface area contributed by atoms with Crippen molar-refractivity contribution in [3.63, 3.8) is 0 Å². The lowest BCUT2D eigenvalue weighted by Crippen LogP contribution is -2.31. The molecular formula is C11H16N2O. The lowest BCUT2D eigenvalue weighted by Gasteiger charge is -2.10. The van der Waals surface area contributed by atoms with Gasteiger partial charge in [-0.1, -0.05) is 30.3 Å². The first kappa shape index (κ1) is 10.7. The molecule has 3 nitrogen and oxygen atoms in total. The number of hydrogen-bond donors (Lipinski definition) is 2. The highest BCUT2D eigenvalue weighted by Crippen LogP contribution is 2.03. The van der Waals surface area contributed by atoms with Crippen LogP contribution in [0.1, 0.15) is 12.0 Å². The van der Waals surface area contributed by atoms with Crippen molar-refractivity contribution in [3.05, 3.63) is 35.9 Å². The molecule has 1 aromatic rings. The van der Waals surface area contributed by atoms with Crippen molar-refractivity contribution in [2.75, 3.05) is 7.05 Å². The summed E-state index contributed by atoms with van der Waals surface area (Å²) in [5.74, 6) is -0.00608. The van der Waals surface area contributed by atoms with Gasteiger partial charge < -0.3 is 11.1 Å². The van der Waals surface area contributed by atoms with E-state index in [0.29, 0.717) is 6.42 Å². The second kappa shape index (κ2) is 5.40. The van der Waals surface area contributed by atoms with E-state index in [-0.39, 0.29) is 11.9 Å². The summed E-state index contributed by atoms with van der Waals surface area (Å²) >= 11 is 0. The maximum absolute atomic E-state index is 11.0. The summed E-state index contributed by atoms with van der Waals surface area (Å²) in [4.78, 5) is 11.0. The third-order valence-electron chi connectivity index (χ3n) is 2.07. The smallest absolute Gasteiger partial charge is 0.221 e. The monoisotopic (exact) mass is 192 g/mol. The van der Waals surface area contributed by atoms with Crippen LogP contribution < -0.4 is 11.1 Å². The predicted octanol–water partition coefficient (Wildman–Crippen LogP) is 0.693. The Kier molecular flexibility index (Phi) is 4.13. The summed E-state index contributed by atoms with van der Waals surface area (Å²) in [7, 11) is 1.62. The van der Waals surface area contributed by atoms with Gasteiger partial charge in [-0.2, -0.15) is 0 Å². The van der Waals surface area contributed by atoms with Crippen molar-refractivity contribution in [3.8, 4) is 0 Å². The van der Waals surface area contributed by atoms with Crippen LogP contribution >= 0.6 is 0 Å². The fourth-order valence-corrected chi connectivity index (χ4v) is 1.33. The molecule has 1 aromatic carbocycles. The predicted molar refractivity (Wildman–Crippen MR) is 56.8 cm³/mol. The molecule has 3 N–H and O–H groups in total. The fraction of sp³-hybridized carbons (Fsp3) is 0.364. The molecule has 0 aliphatic heterocycles. The normalized spacial score (nSPS) is 12.1. The Morgan fingerprint density at radius 2 is 2.07 bits per heavy atom. The van der Waals surface area contributed by atoms with Crippen LogP contribution in [0.2, 0.25) is 0 Å².